The molecule has 0 N–H and O–H groups in total. The Hall–Kier alpha value is -1.07. The third-order valence-corrected chi connectivity index (χ3v) is 4.05. The lowest BCUT2D eigenvalue weighted by molar-refractivity contribution is 0.00578. The molecule has 1 aliphatic carbocycles. The molecule has 1 aromatic rings. The Kier molecular flexibility index (Phi) is 2.87. The molecule has 102 valence electrons. The third kappa shape index (κ3) is 2.49. The fourth-order valence-corrected chi connectivity index (χ4v) is 1.95. The summed E-state index contributed by atoms with van der Waals surface area (Å²) in [7, 11) is -0.423. The first kappa shape index (κ1) is 12.9. The minimum atomic E-state index is -0.423. The van der Waals surface area contributed by atoms with Crippen molar-refractivity contribution in [3.05, 3.63) is 18.2 Å². The van der Waals surface area contributed by atoms with Crippen molar-refractivity contribution >= 4 is 12.7 Å². The summed E-state index contributed by atoms with van der Waals surface area (Å²) in [5.74, 6) is 0.662. The quantitative estimate of drug-likeness (QED) is 0.779. The van der Waals surface area contributed by atoms with Gasteiger partial charge in [-0.25, -0.2) is 4.98 Å². The molecule has 1 saturated heterocycles. The van der Waals surface area contributed by atoms with Crippen molar-refractivity contribution in [3.8, 4) is 5.88 Å². The van der Waals surface area contributed by atoms with Gasteiger partial charge in [-0.1, -0.05) is 6.07 Å². The van der Waals surface area contributed by atoms with E-state index in [4.69, 9.17) is 14.0 Å². The van der Waals surface area contributed by atoms with Gasteiger partial charge in [0.15, 0.2) is 0 Å². The van der Waals surface area contributed by atoms with Gasteiger partial charge in [0.2, 0.25) is 5.88 Å². The summed E-state index contributed by atoms with van der Waals surface area (Å²) in [6.07, 6.45) is 2.60. The van der Waals surface area contributed by atoms with Crippen LogP contribution in [0.5, 0.6) is 5.88 Å². The molecule has 2 aliphatic rings. The summed E-state index contributed by atoms with van der Waals surface area (Å²) in [6, 6.07) is 5.74. The van der Waals surface area contributed by atoms with Crippen molar-refractivity contribution in [3.63, 3.8) is 0 Å². The number of hydrogen-bond acceptors (Lipinski definition) is 4. The second kappa shape index (κ2) is 4.22. The van der Waals surface area contributed by atoms with Gasteiger partial charge in [0.05, 0.1) is 16.8 Å². The van der Waals surface area contributed by atoms with Crippen molar-refractivity contribution in [2.75, 3.05) is 0 Å². The van der Waals surface area contributed by atoms with E-state index in [1.165, 1.54) is 0 Å². The van der Waals surface area contributed by atoms with Crippen LogP contribution in [0.25, 0.3) is 0 Å². The monoisotopic (exact) mass is 261 g/mol. The molecule has 4 nitrogen and oxygen atoms in total. The fourth-order valence-electron chi connectivity index (χ4n) is 1.95. The average Bonchev–Trinajstić information content (AvgIpc) is 3.07. The topological polar surface area (TPSA) is 40.6 Å². The van der Waals surface area contributed by atoms with Gasteiger partial charge in [-0.15, -0.1) is 0 Å². The molecule has 1 aliphatic heterocycles. The second-order valence-corrected chi connectivity index (χ2v) is 6.31. The second-order valence-electron chi connectivity index (χ2n) is 6.31. The summed E-state index contributed by atoms with van der Waals surface area (Å²) in [6.45, 7) is 8.16. The van der Waals surface area contributed by atoms with Gasteiger partial charge in [0.1, 0.15) is 6.10 Å². The van der Waals surface area contributed by atoms with Crippen LogP contribution < -0.4 is 10.3 Å². The van der Waals surface area contributed by atoms with Gasteiger partial charge < -0.3 is 14.0 Å². The zero-order valence-electron chi connectivity index (χ0n) is 12.0. The molecule has 1 saturated carbocycles. The zero-order chi connectivity index (χ0) is 13.7. The van der Waals surface area contributed by atoms with Gasteiger partial charge in [-0.3, -0.25) is 0 Å². The van der Waals surface area contributed by atoms with Crippen LogP contribution in [-0.4, -0.2) is 29.4 Å². The number of nitrogens with zero attached hydrogens (tertiary/aromatic N) is 1. The highest BCUT2D eigenvalue weighted by Gasteiger charge is 2.52. The highest BCUT2D eigenvalue weighted by atomic mass is 16.7. The lowest BCUT2D eigenvalue weighted by Crippen LogP contribution is -2.41. The van der Waals surface area contributed by atoms with Crippen LogP contribution in [0.4, 0.5) is 0 Å². The number of ether oxygens (including phenoxy) is 1. The van der Waals surface area contributed by atoms with Crippen molar-refractivity contribution in [1.29, 1.82) is 0 Å². The molecular weight excluding hydrogens is 241 g/mol. The summed E-state index contributed by atoms with van der Waals surface area (Å²) < 4.78 is 17.7. The predicted octanol–water partition coefficient (Wildman–Crippen LogP) is 1.92. The van der Waals surface area contributed by atoms with Gasteiger partial charge in [-0.05, 0) is 46.6 Å². The molecular formula is C14H20BNO3. The SMILES string of the molecule is CC1(C)OB(c2cccc(OC3CC3)n2)OC1(C)C. The molecule has 5 heteroatoms. The molecule has 19 heavy (non-hydrogen) atoms. The highest BCUT2D eigenvalue weighted by Crippen LogP contribution is 2.36. The van der Waals surface area contributed by atoms with Crippen LogP contribution in [0, 0.1) is 0 Å². The molecule has 2 fully saturated rings. The molecule has 0 aromatic carbocycles. The molecule has 0 spiro atoms. The Labute approximate surface area is 114 Å². The van der Waals surface area contributed by atoms with Crippen LogP contribution in [0.15, 0.2) is 18.2 Å². The Morgan fingerprint density at radius 3 is 2.37 bits per heavy atom. The third-order valence-electron chi connectivity index (χ3n) is 4.05. The lowest BCUT2D eigenvalue weighted by Gasteiger charge is -2.32. The molecule has 1 aromatic heterocycles. The maximum atomic E-state index is 5.99. The molecule has 0 unspecified atom stereocenters. The first-order valence-electron chi connectivity index (χ1n) is 6.87. The van der Waals surface area contributed by atoms with E-state index in [-0.39, 0.29) is 11.2 Å². The van der Waals surface area contributed by atoms with Crippen molar-refractivity contribution < 1.29 is 14.0 Å². The van der Waals surface area contributed by atoms with Crippen LogP contribution >= 0.6 is 0 Å². The normalized spacial score (nSPS) is 24.5. The van der Waals surface area contributed by atoms with E-state index in [2.05, 4.69) is 4.98 Å². The van der Waals surface area contributed by atoms with E-state index in [0.717, 1.165) is 18.4 Å². The maximum Gasteiger partial charge on any atom is 0.514 e. The van der Waals surface area contributed by atoms with Crippen molar-refractivity contribution in [1.82, 2.24) is 4.98 Å². The molecule has 0 radical (unpaired) electrons. The number of aromatic nitrogens is 1. The standard InChI is InChI=1S/C14H20BNO3/c1-13(2)14(3,4)19-15(18-13)11-6-5-7-12(16-11)17-10-8-9-10/h5-7,10H,8-9H2,1-4H3. The summed E-state index contributed by atoms with van der Waals surface area (Å²) in [5, 5.41) is 0. The van der Waals surface area contributed by atoms with Gasteiger partial charge in [-0.2, -0.15) is 0 Å². The Balaban J connectivity index is 1.79. The van der Waals surface area contributed by atoms with E-state index in [9.17, 15) is 0 Å². The molecule has 0 atom stereocenters. The van der Waals surface area contributed by atoms with E-state index in [1.807, 2.05) is 45.9 Å². The Morgan fingerprint density at radius 1 is 1.16 bits per heavy atom. The number of rotatable bonds is 3. The van der Waals surface area contributed by atoms with Crippen molar-refractivity contribution in [2.45, 2.75) is 57.8 Å². The van der Waals surface area contributed by atoms with E-state index >= 15 is 0 Å². The van der Waals surface area contributed by atoms with Crippen LogP contribution in [0.1, 0.15) is 40.5 Å². The highest BCUT2D eigenvalue weighted by molar-refractivity contribution is 6.61. The smallest absolute Gasteiger partial charge is 0.474 e. The Morgan fingerprint density at radius 2 is 1.79 bits per heavy atom. The maximum absolute atomic E-state index is 5.99. The van der Waals surface area contributed by atoms with Gasteiger partial charge in [0.25, 0.3) is 0 Å². The number of pyridine rings is 1. The summed E-state index contributed by atoms with van der Waals surface area (Å²) in [4.78, 5) is 4.49. The van der Waals surface area contributed by atoms with E-state index < -0.39 is 7.12 Å². The minimum absolute atomic E-state index is 0.341. The zero-order valence-corrected chi connectivity index (χ0v) is 12.0. The minimum Gasteiger partial charge on any atom is -0.474 e. The van der Waals surface area contributed by atoms with E-state index in [1.54, 1.807) is 0 Å². The average molecular weight is 261 g/mol. The lowest BCUT2D eigenvalue weighted by atomic mass is 9.84. The molecule has 3 rings (SSSR count). The fraction of sp³-hybridized carbons (Fsp3) is 0.643. The predicted molar refractivity (Wildman–Crippen MR) is 73.6 cm³/mol. The summed E-state index contributed by atoms with van der Waals surface area (Å²) in [5.41, 5.74) is 0.0937. The molecule has 0 amide bonds. The molecule has 2 heterocycles. The molecule has 0 bridgehead atoms. The van der Waals surface area contributed by atoms with Gasteiger partial charge in [0, 0.05) is 6.07 Å². The van der Waals surface area contributed by atoms with Crippen LogP contribution in [-0.2, 0) is 9.31 Å². The van der Waals surface area contributed by atoms with Crippen molar-refractivity contribution in [2.24, 2.45) is 0 Å². The Bertz CT molecular complexity index is 469. The first-order valence-corrected chi connectivity index (χ1v) is 6.87. The first-order chi connectivity index (χ1) is 8.87. The largest absolute Gasteiger partial charge is 0.514 e. The van der Waals surface area contributed by atoms with Crippen LogP contribution in [0.3, 0.4) is 0 Å². The van der Waals surface area contributed by atoms with E-state index in [0.29, 0.717) is 12.0 Å². The summed E-state index contributed by atoms with van der Waals surface area (Å²) >= 11 is 0. The van der Waals surface area contributed by atoms with Gasteiger partial charge >= 0.3 is 7.12 Å². The number of hydrogen-bond donors (Lipinski definition) is 0. The van der Waals surface area contributed by atoms with Crippen LogP contribution in [0.2, 0.25) is 0 Å².